The van der Waals surface area contributed by atoms with E-state index in [4.69, 9.17) is 15.1 Å². The number of hydrogen-bond donors (Lipinski definition) is 2. The third kappa shape index (κ3) is 2.29. The van der Waals surface area contributed by atoms with Crippen LogP contribution >= 0.6 is 0 Å². The zero-order valence-electron chi connectivity index (χ0n) is 9.17. The van der Waals surface area contributed by atoms with Gasteiger partial charge in [0.1, 0.15) is 0 Å². The molecule has 0 saturated carbocycles. The summed E-state index contributed by atoms with van der Waals surface area (Å²) in [5.41, 5.74) is 0.0750. The molecule has 2 N–H and O–H groups in total. The van der Waals surface area contributed by atoms with E-state index in [0.29, 0.717) is 12.1 Å². The van der Waals surface area contributed by atoms with Crippen LogP contribution in [0.15, 0.2) is 35.5 Å². The number of aliphatic carboxylic acids is 1. The second kappa shape index (κ2) is 4.55. The molecule has 0 bridgehead atoms. The molecule has 1 aromatic rings. The molecule has 5 heteroatoms. The molecule has 0 fully saturated rings. The molecule has 17 heavy (non-hydrogen) atoms. The second-order valence-corrected chi connectivity index (χ2v) is 4.05. The van der Waals surface area contributed by atoms with Gasteiger partial charge in [-0.25, -0.2) is 4.79 Å². The van der Waals surface area contributed by atoms with Crippen LogP contribution < -0.4 is 0 Å². The Labute approximate surface area is 98.3 Å². The Kier molecular flexibility index (Phi) is 3.10. The van der Waals surface area contributed by atoms with E-state index in [0.717, 1.165) is 5.56 Å². The van der Waals surface area contributed by atoms with Crippen LogP contribution in [0.5, 0.6) is 0 Å². The van der Waals surface area contributed by atoms with Crippen molar-refractivity contribution in [2.24, 2.45) is 5.16 Å². The molecular weight excluding hydrogens is 222 g/mol. The van der Waals surface area contributed by atoms with Crippen LogP contribution in [0.25, 0.3) is 0 Å². The lowest BCUT2D eigenvalue weighted by molar-refractivity contribution is -0.167. The van der Waals surface area contributed by atoms with E-state index in [1.807, 2.05) is 30.3 Å². The van der Waals surface area contributed by atoms with Gasteiger partial charge in [0.05, 0.1) is 12.3 Å². The highest BCUT2D eigenvalue weighted by Crippen LogP contribution is 2.25. The van der Waals surface area contributed by atoms with Crippen molar-refractivity contribution in [3.8, 4) is 0 Å². The Bertz CT molecular complexity index is 443. The zero-order chi connectivity index (χ0) is 12.3. The molecule has 0 radical (unpaired) electrons. The normalized spacial score (nSPS) is 23.0. The van der Waals surface area contributed by atoms with Gasteiger partial charge in [0.15, 0.2) is 0 Å². The summed E-state index contributed by atoms with van der Waals surface area (Å²) in [6.45, 7) is -0.579. The first-order chi connectivity index (χ1) is 8.16. The van der Waals surface area contributed by atoms with Gasteiger partial charge in [-0.05, 0) is 5.56 Å². The minimum atomic E-state index is -1.59. The van der Waals surface area contributed by atoms with Gasteiger partial charge in [-0.1, -0.05) is 35.5 Å². The highest BCUT2D eigenvalue weighted by Gasteiger charge is 2.46. The summed E-state index contributed by atoms with van der Waals surface area (Å²) in [5.74, 6) is -1.19. The average Bonchev–Trinajstić information content (AvgIpc) is 2.75. The molecule has 2 rings (SSSR count). The van der Waals surface area contributed by atoms with Crippen molar-refractivity contribution >= 4 is 11.7 Å². The Morgan fingerprint density at radius 1 is 1.41 bits per heavy atom. The molecule has 0 aromatic heterocycles. The monoisotopic (exact) mass is 235 g/mol. The van der Waals surface area contributed by atoms with Crippen molar-refractivity contribution in [1.29, 1.82) is 0 Å². The molecule has 0 amide bonds. The van der Waals surface area contributed by atoms with Crippen LogP contribution in [0.2, 0.25) is 0 Å². The van der Waals surface area contributed by atoms with Gasteiger partial charge < -0.3 is 15.1 Å². The fourth-order valence-electron chi connectivity index (χ4n) is 1.74. The maximum atomic E-state index is 11.0. The summed E-state index contributed by atoms with van der Waals surface area (Å²) < 4.78 is 0. The topological polar surface area (TPSA) is 79.1 Å². The van der Waals surface area contributed by atoms with Crippen molar-refractivity contribution in [2.75, 3.05) is 6.61 Å². The standard InChI is InChI=1S/C12H13NO4/c14-8-12(11(15)16)7-10(13-17-12)6-9-4-2-1-3-5-9/h1-5,14H,6-8H2,(H,15,16). The maximum absolute atomic E-state index is 11.0. The van der Waals surface area contributed by atoms with Gasteiger partial charge >= 0.3 is 5.97 Å². The molecule has 1 heterocycles. The van der Waals surface area contributed by atoms with Crippen LogP contribution in [0.1, 0.15) is 12.0 Å². The Balaban J connectivity index is 2.05. The van der Waals surface area contributed by atoms with E-state index in [2.05, 4.69) is 5.16 Å². The molecule has 1 unspecified atom stereocenters. The van der Waals surface area contributed by atoms with Gasteiger partial charge in [-0.2, -0.15) is 0 Å². The highest BCUT2D eigenvalue weighted by molar-refractivity contribution is 5.94. The molecule has 1 atom stereocenters. The number of carboxylic acid groups (broad SMARTS) is 1. The first kappa shape index (κ1) is 11.6. The predicted octanol–water partition coefficient (Wildman–Crippen LogP) is 0.821. The molecule has 1 aliphatic heterocycles. The third-order valence-corrected chi connectivity index (χ3v) is 2.74. The zero-order valence-corrected chi connectivity index (χ0v) is 9.17. The Morgan fingerprint density at radius 2 is 2.12 bits per heavy atom. The lowest BCUT2D eigenvalue weighted by atomic mass is 9.95. The van der Waals surface area contributed by atoms with E-state index in [1.54, 1.807) is 0 Å². The van der Waals surface area contributed by atoms with E-state index in [9.17, 15) is 4.79 Å². The number of rotatable bonds is 4. The van der Waals surface area contributed by atoms with Gasteiger partial charge in [-0.3, -0.25) is 0 Å². The molecule has 5 nitrogen and oxygen atoms in total. The van der Waals surface area contributed by atoms with Gasteiger partial charge in [0, 0.05) is 12.8 Å². The van der Waals surface area contributed by atoms with Crippen LogP contribution in [0, 0.1) is 0 Å². The van der Waals surface area contributed by atoms with E-state index >= 15 is 0 Å². The Hall–Kier alpha value is -1.88. The van der Waals surface area contributed by atoms with Crippen LogP contribution in [-0.2, 0) is 16.1 Å². The van der Waals surface area contributed by atoms with Crippen LogP contribution in [0.3, 0.4) is 0 Å². The summed E-state index contributed by atoms with van der Waals surface area (Å²) in [6, 6.07) is 9.58. The number of aliphatic hydroxyl groups excluding tert-OH is 1. The summed E-state index contributed by atoms with van der Waals surface area (Å²) in [6.07, 6.45) is 0.656. The number of carboxylic acids is 1. The van der Waals surface area contributed by atoms with Crippen LogP contribution in [-0.4, -0.2) is 34.1 Å². The fraction of sp³-hybridized carbons (Fsp3) is 0.333. The lowest BCUT2D eigenvalue weighted by Gasteiger charge is -2.17. The van der Waals surface area contributed by atoms with Crippen molar-refractivity contribution in [2.45, 2.75) is 18.4 Å². The molecule has 1 aromatic carbocycles. The number of carbonyl (C=O) groups is 1. The molecule has 90 valence electrons. The van der Waals surface area contributed by atoms with Crippen LogP contribution in [0.4, 0.5) is 0 Å². The number of hydrogen-bond acceptors (Lipinski definition) is 4. The lowest BCUT2D eigenvalue weighted by Crippen LogP contribution is -2.42. The molecule has 0 spiro atoms. The van der Waals surface area contributed by atoms with E-state index in [1.165, 1.54) is 0 Å². The minimum absolute atomic E-state index is 0.119. The number of oxime groups is 1. The second-order valence-electron chi connectivity index (χ2n) is 4.05. The number of aliphatic hydroxyl groups is 1. The Morgan fingerprint density at radius 3 is 2.65 bits per heavy atom. The fourth-order valence-corrected chi connectivity index (χ4v) is 1.74. The number of nitrogens with zero attached hydrogens (tertiary/aromatic N) is 1. The first-order valence-electron chi connectivity index (χ1n) is 5.28. The first-order valence-corrected chi connectivity index (χ1v) is 5.28. The van der Waals surface area contributed by atoms with Crippen molar-refractivity contribution in [1.82, 2.24) is 0 Å². The van der Waals surface area contributed by atoms with E-state index in [-0.39, 0.29) is 6.42 Å². The van der Waals surface area contributed by atoms with Gasteiger partial charge in [0.2, 0.25) is 0 Å². The smallest absolute Gasteiger partial charge is 0.353 e. The van der Waals surface area contributed by atoms with E-state index < -0.39 is 18.2 Å². The molecule has 0 aliphatic carbocycles. The average molecular weight is 235 g/mol. The summed E-state index contributed by atoms with van der Waals surface area (Å²) >= 11 is 0. The summed E-state index contributed by atoms with van der Waals surface area (Å²) in [4.78, 5) is 15.9. The molecule has 0 saturated heterocycles. The molecular formula is C12H13NO4. The largest absolute Gasteiger partial charge is 0.478 e. The van der Waals surface area contributed by atoms with Crippen molar-refractivity contribution in [3.05, 3.63) is 35.9 Å². The summed E-state index contributed by atoms with van der Waals surface area (Å²) in [5, 5.41) is 21.8. The van der Waals surface area contributed by atoms with Crippen molar-refractivity contribution < 1.29 is 19.8 Å². The predicted molar refractivity (Wildman–Crippen MR) is 60.7 cm³/mol. The number of benzene rings is 1. The van der Waals surface area contributed by atoms with Crippen molar-refractivity contribution in [3.63, 3.8) is 0 Å². The molecule has 1 aliphatic rings. The van der Waals surface area contributed by atoms with Gasteiger partial charge in [0.25, 0.3) is 5.60 Å². The quantitative estimate of drug-likeness (QED) is 0.809. The maximum Gasteiger partial charge on any atom is 0.353 e. The minimum Gasteiger partial charge on any atom is -0.478 e. The third-order valence-electron chi connectivity index (χ3n) is 2.74. The van der Waals surface area contributed by atoms with Gasteiger partial charge in [-0.15, -0.1) is 0 Å². The summed E-state index contributed by atoms with van der Waals surface area (Å²) in [7, 11) is 0. The SMILES string of the molecule is O=C(O)C1(CO)CC(Cc2ccccc2)=NO1. The highest BCUT2D eigenvalue weighted by atomic mass is 16.7.